The van der Waals surface area contributed by atoms with Gasteiger partial charge in [-0.3, -0.25) is 0 Å². The fraction of sp³-hybridized carbons (Fsp3) is 0.0714. The fourth-order valence-electron chi connectivity index (χ4n) is 1.77. The molecule has 0 atom stereocenters. The van der Waals surface area contributed by atoms with Crippen LogP contribution in [0, 0.1) is 12.7 Å². The number of thiocarbonyl (C=S) groups is 1. The summed E-state index contributed by atoms with van der Waals surface area (Å²) in [6.45, 7) is 1.90. The highest BCUT2D eigenvalue weighted by molar-refractivity contribution is 7.80. The van der Waals surface area contributed by atoms with Gasteiger partial charge in [-0.25, -0.2) is 4.39 Å². The molecule has 0 aliphatic heterocycles. The number of halogens is 2. The largest absolute Gasteiger partial charge is 0.389 e. The first-order valence-electron chi connectivity index (χ1n) is 5.61. The van der Waals surface area contributed by atoms with Gasteiger partial charge >= 0.3 is 0 Å². The van der Waals surface area contributed by atoms with E-state index in [1.807, 2.05) is 19.1 Å². The Morgan fingerprint density at radius 2 is 1.95 bits per heavy atom. The summed E-state index contributed by atoms with van der Waals surface area (Å²) in [6, 6.07) is 10.3. The number of rotatable bonds is 3. The zero-order chi connectivity index (χ0) is 14.0. The van der Waals surface area contributed by atoms with E-state index in [1.165, 1.54) is 6.07 Å². The van der Waals surface area contributed by atoms with Crippen LogP contribution in [0.4, 0.5) is 15.8 Å². The van der Waals surface area contributed by atoms with Gasteiger partial charge in [-0.05, 0) is 30.7 Å². The molecule has 0 bridgehead atoms. The Kier molecular flexibility index (Phi) is 4.02. The summed E-state index contributed by atoms with van der Waals surface area (Å²) in [5.41, 5.74) is 8.25. The molecule has 0 radical (unpaired) electrons. The molecule has 2 rings (SSSR count). The van der Waals surface area contributed by atoms with Crippen LogP contribution in [0.25, 0.3) is 0 Å². The third-order valence-corrected chi connectivity index (χ3v) is 3.26. The van der Waals surface area contributed by atoms with Gasteiger partial charge < -0.3 is 11.1 Å². The summed E-state index contributed by atoms with van der Waals surface area (Å²) in [4.78, 5) is 0.258. The Bertz CT molecular complexity index is 643. The first-order valence-corrected chi connectivity index (χ1v) is 6.40. The minimum absolute atomic E-state index is 0.0652. The number of aryl methyl sites for hydroxylation is 1. The summed E-state index contributed by atoms with van der Waals surface area (Å²) in [7, 11) is 0. The lowest BCUT2D eigenvalue weighted by atomic mass is 10.1. The summed E-state index contributed by atoms with van der Waals surface area (Å²) < 4.78 is 13.9. The van der Waals surface area contributed by atoms with Crippen LogP contribution in [0.15, 0.2) is 36.4 Å². The predicted octanol–water partition coefficient (Wildman–Crippen LogP) is 4.17. The molecule has 98 valence electrons. The molecule has 2 nitrogen and oxygen atoms in total. The normalized spacial score (nSPS) is 10.3. The maximum atomic E-state index is 13.9. The van der Waals surface area contributed by atoms with Crippen LogP contribution in [0.3, 0.4) is 0 Å². The van der Waals surface area contributed by atoms with Crippen LogP contribution in [0.1, 0.15) is 11.1 Å². The maximum absolute atomic E-state index is 13.9. The van der Waals surface area contributed by atoms with Gasteiger partial charge in [-0.2, -0.15) is 0 Å². The summed E-state index contributed by atoms with van der Waals surface area (Å²) >= 11 is 10.8. The highest BCUT2D eigenvalue weighted by atomic mass is 35.5. The molecule has 0 unspecified atom stereocenters. The van der Waals surface area contributed by atoms with Gasteiger partial charge in [0.15, 0.2) is 5.82 Å². The number of para-hydroxylation sites is 1. The topological polar surface area (TPSA) is 38.0 Å². The number of anilines is 2. The van der Waals surface area contributed by atoms with E-state index in [0.717, 1.165) is 5.56 Å². The summed E-state index contributed by atoms with van der Waals surface area (Å²) in [5.74, 6) is -0.499. The van der Waals surface area contributed by atoms with E-state index in [9.17, 15) is 4.39 Å². The van der Waals surface area contributed by atoms with Gasteiger partial charge in [-0.15, -0.1) is 0 Å². The molecule has 0 saturated heterocycles. The number of benzene rings is 2. The van der Waals surface area contributed by atoms with Gasteiger partial charge in [0.1, 0.15) is 4.99 Å². The second kappa shape index (κ2) is 5.55. The molecule has 2 aromatic rings. The highest BCUT2D eigenvalue weighted by Crippen LogP contribution is 2.29. The van der Waals surface area contributed by atoms with Crippen LogP contribution in [-0.2, 0) is 0 Å². The molecule has 0 heterocycles. The third-order valence-electron chi connectivity index (χ3n) is 2.75. The monoisotopic (exact) mass is 294 g/mol. The van der Waals surface area contributed by atoms with E-state index in [1.54, 1.807) is 18.2 Å². The SMILES string of the molecule is Cc1cccc(C(N)=S)c1Nc1cccc(Cl)c1F. The maximum Gasteiger partial charge on any atom is 0.165 e. The van der Waals surface area contributed by atoms with E-state index < -0.39 is 5.82 Å². The van der Waals surface area contributed by atoms with Crippen LogP contribution in [0.5, 0.6) is 0 Å². The molecule has 0 aliphatic rings. The van der Waals surface area contributed by atoms with E-state index in [2.05, 4.69) is 5.32 Å². The van der Waals surface area contributed by atoms with Gasteiger partial charge in [0.05, 0.1) is 16.4 Å². The number of nitrogens with two attached hydrogens (primary N) is 1. The summed E-state index contributed by atoms with van der Waals surface area (Å²) in [6.07, 6.45) is 0. The Labute approximate surface area is 121 Å². The van der Waals surface area contributed by atoms with Crippen molar-refractivity contribution >= 4 is 40.2 Å². The Balaban J connectivity index is 2.49. The van der Waals surface area contributed by atoms with Gasteiger partial charge in [-0.1, -0.05) is 42.0 Å². The lowest BCUT2D eigenvalue weighted by Gasteiger charge is -2.15. The predicted molar refractivity (Wildman–Crippen MR) is 81.8 cm³/mol. The van der Waals surface area contributed by atoms with Gasteiger partial charge in [0.2, 0.25) is 0 Å². The molecule has 0 spiro atoms. The van der Waals surface area contributed by atoms with Crippen LogP contribution < -0.4 is 11.1 Å². The zero-order valence-corrected chi connectivity index (χ0v) is 11.8. The number of nitrogens with one attached hydrogen (secondary N) is 1. The third kappa shape index (κ3) is 2.85. The van der Waals surface area contributed by atoms with Crippen LogP contribution in [-0.4, -0.2) is 4.99 Å². The number of hydrogen-bond donors (Lipinski definition) is 2. The Morgan fingerprint density at radius 1 is 1.26 bits per heavy atom. The van der Waals surface area contributed by atoms with Crippen molar-refractivity contribution in [3.05, 3.63) is 58.4 Å². The van der Waals surface area contributed by atoms with Crippen molar-refractivity contribution < 1.29 is 4.39 Å². The van der Waals surface area contributed by atoms with Crippen molar-refractivity contribution in [1.29, 1.82) is 0 Å². The molecule has 0 aromatic heterocycles. The first-order chi connectivity index (χ1) is 9.00. The number of hydrogen-bond acceptors (Lipinski definition) is 2. The Hall–Kier alpha value is -1.65. The van der Waals surface area contributed by atoms with Crippen molar-refractivity contribution in [2.75, 3.05) is 5.32 Å². The lowest BCUT2D eigenvalue weighted by molar-refractivity contribution is 0.632. The van der Waals surface area contributed by atoms with Crippen LogP contribution in [0.2, 0.25) is 5.02 Å². The average molecular weight is 295 g/mol. The highest BCUT2D eigenvalue weighted by Gasteiger charge is 2.11. The van der Waals surface area contributed by atoms with Crippen molar-refractivity contribution in [1.82, 2.24) is 0 Å². The van der Waals surface area contributed by atoms with E-state index in [4.69, 9.17) is 29.6 Å². The fourth-order valence-corrected chi connectivity index (χ4v) is 2.12. The standard InChI is InChI=1S/C14H12ClFN2S/c1-8-4-2-5-9(14(17)19)13(8)18-11-7-3-6-10(15)12(11)16/h2-7,18H,1H3,(H2,17,19). The van der Waals surface area contributed by atoms with Crippen LogP contribution >= 0.6 is 23.8 Å². The minimum atomic E-state index is -0.499. The second-order valence-corrected chi connectivity index (χ2v) is 4.94. The summed E-state index contributed by atoms with van der Waals surface area (Å²) in [5, 5.41) is 3.07. The molecule has 0 amide bonds. The molecule has 0 saturated carbocycles. The van der Waals surface area contributed by atoms with Crippen molar-refractivity contribution in [2.45, 2.75) is 6.92 Å². The minimum Gasteiger partial charge on any atom is -0.389 e. The molecule has 3 N–H and O–H groups in total. The molecule has 0 aliphatic carbocycles. The molecular weight excluding hydrogens is 283 g/mol. The van der Waals surface area contributed by atoms with E-state index >= 15 is 0 Å². The molecular formula is C14H12ClFN2S. The van der Waals surface area contributed by atoms with Gasteiger partial charge in [0, 0.05) is 5.56 Å². The average Bonchev–Trinajstić information content (AvgIpc) is 2.36. The second-order valence-electron chi connectivity index (χ2n) is 4.09. The van der Waals surface area contributed by atoms with Crippen molar-refractivity contribution in [2.24, 2.45) is 5.73 Å². The first kappa shape index (κ1) is 13.8. The molecule has 0 fully saturated rings. The quantitative estimate of drug-likeness (QED) is 0.835. The van der Waals surface area contributed by atoms with Crippen molar-refractivity contribution in [3.63, 3.8) is 0 Å². The molecule has 5 heteroatoms. The van der Waals surface area contributed by atoms with Gasteiger partial charge in [0.25, 0.3) is 0 Å². The smallest absolute Gasteiger partial charge is 0.165 e. The zero-order valence-electron chi connectivity index (χ0n) is 10.2. The molecule has 2 aromatic carbocycles. The molecule has 19 heavy (non-hydrogen) atoms. The van der Waals surface area contributed by atoms with E-state index in [-0.39, 0.29) is 10.0 Å². The van der Waals surface area contributed by atoms with Crippen molar-refractivity contribution in [3.8, 4) is 0 Å². The van der Waals surface area contributed by atoms with E-state index in [0.29, 0.717) is 16.9 Å². The lowest BCUT2D eigenvalue weighted by Crippen LogP contribution is -2.13. The Morgan fingerprint density at radius 3 is 2.63 bits per heavy atom.